The summed E-state index contributed by atoms with van der Waals surface area (Å²) in [6, 6.07) is 8.70. The van der Waals surface area contributed by atoms with Crippen LogP contribution in [-0.4, -0.2) is 11.2 Å². The first-order chi connectivity index (χ1) is 7.39. The molecular weight excluding hydrogens is 196 g/mol. The van der Waals surface area contributed by atoms with Crippen LogP contribution in [-0.2, 0) is 6.42 Å². The van der Waals surface area contributed by atoms with Gasteiger partial charge >= 0.3 is 0 Å². The van der Waals surface area contributed by atoms with Gasteiger partial charge in [0.25, 0.3) is 0 Å². The molecule has 1 aromatic carbocycles. The highest BCUT2D eigenvalue weighted by molar-refractivity contribution is 5.23. The van der Waals surface area contributed by atoms with Crippen LogP contribution in [0.15, 0.2) is 24.3 Å². The second-order valence-corrected chi connectivity index (χ2v) is 5.72. The Morgan fingerprint density at radius 1 is 1.31 bits per heavy atom. The van der Waals surface area contributed by atoms with Gasteiger partial charge in [-0.3, -0.25) is 0 Å². The summed E-state index contributed by atoms with van der Waals surface area (Å²) in [6.07, 6.45) is 2.86. The highest BCUT2D eigenvalue weighted by atomic mass is 16.3. The fourth-order valence-electron chi connectivity index (χ4n) is 2.06. The van der Waals surface area contributed by atoms with E-state index in [9.17, 15) is 5.11 Å². The third kappa shape index (κ3) is 4.80. The second kappa shape index (κ2) is 5.49. The molecule has 0 amide bonds. The Bertz CT molecular complexity index is 326. The second-order valence-electron chi connectivity index (χ2n) is 5.72. The largest absolute Gasteiger partial charge is 0.393 e. The van der Waals surface area contributed by atoms with E-state index in [1.807, 2.05) is 6.92 Å². The molecule has 0 radical (unpaired) electrons. The van der Waals surface area contributed by atoms with E-state index < -0.39 is 0 Å². The Kier molecular flexibility index (Phi) is 4.55. The number of aliphatic hydroxyl groups excluding tert-OH is 1. The topological polar surface area (TPSA) is 20.2 Å². The Balaban J connectivity index is 2.58. The normalized spacial score (nSPS) is 13.8. The number of benzene rings is 1. The highest BCUT2D eigenvalue weighted by Gasteiger charge is 2.19. The van der Waals surface area contributed by atoms with E-state index >= 15 is 0 Å². The number of aryl methyl sites for hydroxylation is 1. The molecule has 0 bridgehead atoms. The summed E-state index contributed by atoms with van der Waals surface area (Å²) in [7, 11) is 0. The van der Waals surface area contributed by atoms with Gasteiger partial charge in [-0.15, -0.1) is 0 Å². The van der Waals surface area contributed by atoms with Gasteiger partial charge < -0.3 is 5.11 Å². The zero-order chi connectivity index (χ0) is 12.2. The van der Waals surface area contributed by atoms with Gasteiger partial charge in [-0.2, -0.15) is 0 Å². The molecule has 0 saturated heterocycles. The molecule has 0 heterocycles. The third-order valence-electron chi connectivity index (χ3n) is 3.00. The Hall–Kier alpha value is -0.820. The van der Waals surface area contributed by atoms with Gasteiger partial charge in [0.05, 0.1) is 6.10 Å². The van der Waals surface area contributed by atoms with E-state index in [1.165, 1.54) is 11.1 Å². The average molecular weight is 220 g/mol. The lowest BCUT2D eigenvalue weighted by Gasteiger charge is -2.25. The van der Waals surface area contributed by atoms with Gasteiger partial charge in [0.15, 0.2) is 0 Å². The van der Waals surface area contributed by atoms with Crippen LogP contribution in [0.4, 0.5) is 0 Å². The molecule has 16 heavy (non-hydrogen) atoms. The summed E-state index contributed by atoms with van der Waals surface area (Å²) in [4.78, 5) is 0. The number of hydrogen-bond donors (Lipinski definition) is 1. The van der Waals surface area contributed by atoms with Crippen LogP contribution >= 0.6 is 0 Å². The number of rotatable bonds is 5. The molecule has 0 unspecified atom stereocenters. The van der Waals surface area contributed by atoms with Crippen molar-refractivity contribution in [1.82, 2.24) is 0 Å². The monoisotopic (exact) mass is 220 g/mol. The minimum atomic E-state index is -0.184. The van der Waals surface area contributed by atoms with Gasteiger partial charge in [-0.1, -0.05) is 43.7 Å². The van der Waals surface area contributed by atoms with E-state index in [0.717, 1.165) is 19.3 Å². The van der Waals surface area contributed by atoms with E-state index in [1.54, 1.807) is 0 Å². The highest BCUT2D eigenvalue weighted by Crippen LogP contribution is 2.28. The van der Waals surface area contributed by atoms with Crippen LogP contribution in [0.1, 0.15) is 44.7 Å². The smallest absolute Gasteiger partial charge is 0.0512 e. The van der Waals surface area contributed by atoms with E-state index in [-0.39, 0.29) is 11.5 Å². The van der Waals surface area contributed by atoms with Crippen LogP contribution in [0.2, 0.25) is 0 Å². The molecule has 1 atom stereocenters. The van der Waals surface area contributed by atoms with Gasteiger partial charge in [0.2, 0.25) is 0 Å². The van der Waals surface area contributed by atoms with E-state index in [0.29, 0.717) is 0 Å². The Morgan fingerprint density at radius 3 is 2.56 bits per heavy atom. The maximum Gasteiger partial charge on any atom is 0.0512 e. The molecule has 0 aromatic heterocycles. The van der Waals surface area contributed by atoms with Crippen molar-refractivity contribution in [3.8, 4) is 0 Å². The molecule has 1 aromatic rings. The summed E-state index contributed by atoms with van der Waals surface area (Å²) >= 11 is 0. The first kappa shape index (κ1) is 13.2. The van der Waals surface area contributed by atoms with Gasteiger partial charge in [-0.05, 0) is 44.1 Å². The lowest BCUT2D eigenvalue weighted by Crippen LogP contribution is -2.17. The molecule has 90 valence electrons. The lowest BCUT2D eigenvalue weighted by molar-refractivity contribution is 0.159. The van der Waals surface area contributed by atoms with Crippen molar-refractivity contribution in [3.63, 3.8) is 0 Å². The van der Waals surface area contributed by atoms with E-state index in [2.05, 4.69) is 45.0 Å². The summed E-state index contributed by atoms with van der Waals surface area (Å²) in [5.74, 6) is 0. The van der Waals surface area contributed by atoms with Crippen molar-refractivity contribution in [3.05, 3.63) is 35.4 Å². The maximum absolute atomic E-state index is 9.33. The molecule has 0 aliphatic rings. The van der Waals surface area contributed by atoms with Crippen LogP contribution in [0, 0.1) is 12.3 Å². The fourth-order valence-corrected chi connectivity index (χ4v) is 2.06. The SMILES string of the molecule is Cc1cccc(CC(C)(C)CC[C@H](C)O)c1. The minimum Gasteiger partial charge on any atom is -0.393 e. The van der Waals surface area contributed by atoms with Gasteiger partial charge in [0.1, 0.15) is 0 Å². The van der Waals surface area contributed by atoms with E-state index in [4.69, 9.17) is 0 Å². The zero-order valence-electron chi connectivity index (χ0n) is 11.0. The predicted molar refractivity (Wildman–Crippen MR) is 69.6 cm³/mol. The van der Waals surface area contributed by atoms with Crippen molar-refractivity contribution in [2.24, 2.45) is 5.41 Å². The average Bonchev–Trinajstić information content (AvgIpc) is 2.14. The summed E-state index contributed by atoms with van der Waals surface area (Å²) in [6.45, 7) is 8.55. The molecule has 1 nitrogen and oxygen atoms in total. The molecule has 1 rings (SSSR count). The van der Waals surface area contributed by atoms with Crippen molar-refractivity contribution in [1.29, 1.82) is 0 Å². The minimum absolute atomic E-state index is 0.184. The van der Waals surface area contributed by atoms with Crippen molar-refractivity contribution >= 4 is 0 Å². The zero-order valence-corrected chi connectivity index (χ0v) is 11.0. The van der Waals surface area contributed by atoms with Crippen LogP contribution in [0.5, 0.6) is 0 Å². The molecule has 0 saturated carbocycles. The summed E-state index contributed by atoms with van der Waals surface area (Å²) in [5.41, 5.74) is 2.99. The quantitative estimate of drug-likeness (QED) is 0.801. The Labute approximate surface area is 99.5 Å². The molecule has 0 aliphatic heterocycles. The molecule has 0 aliphatic carbocycles. The maximum atomic E-state index is 9.33. The number of aliphatic hydroxyl groups is 1. The van der Waals surface area contributed by atoms with Crippen molar-refractivity contribution in [2.45, 2.75) is 53.1 Å². The molecule has 0 fully saturated rings. The third-order valence-corrected chi connectivity index (χ3v) is 3.00. The molecule has 0 spiro atoms. The standard InChI is InChI=1S/C15H24O/c1-12-6-5-7-14(10-12)11-15(3,4)9-8-13(2)16/h5-7,10,13,16H,8-9,11H2,1-4H3/t13-/m0/s1. The summed E-state index contributed by atoms with van der Waals surface area (Å²) in [5, 5.41) is 9.33. The van der Waals surface area contributed by atoms with Crippen molar-refractivity contribution < 1.29 is 5.11 Å². The lowest BCUT2D eigenvalue weighted by atomic mass is 9.81. The molecular formula is C15H24O. The molecule has 1 heteroatoms. The number of hydrogen-bond acceptors (Lipinski definition) is 1. The predicted octanol–water partition coefficient (Wildman–Crippen LogP) is 3.72. The first-order valence-corrected chi connectivity index (χ1v) is 6.13. The molecule has 1 N–H and O–H groups in total. The van der Waals surface area contributed by atoms with Crippen LogP contribution < -0.4 is 0 Å². The van der Waals surface area contributed by atoms with Crippen LogP contribution in [0.25, 0.3) is 0 Å². The van der Waals surface area contributed by atoms with Gasteiger partial charge in [0, 0.05) is 0 Å². The van der Waals surface area contributed by atoms with Gasteiger partial charge in [-0.25, -0.2) is 0 Å². The van der Waals surface area contributed by atoms with Crippen LogP contribution in [0.3, 0.4) is 0 Å². The fraction of sp³-hybridized carbons (Fsp3) is 0.600. The Morgan fingerprint density at radius 2 is 2.00 bits per heavy atom. The van der Waals surface area contributed by atoms with Crippen molar-refractivity contribution in [2.75, 3.05) is 0 Å². The first-order valence-electron chi connectivity index (χ1n) is 6.13. The summed E-state index contributed by atoms with van der Waals surface area (Å²) < 4.78 is 0.